The fraction of sp³-hybridized carbons (Fsp3) is 0.200. The van der Waals surface area contributed by atoms with Gasteiger partial charge in [0.05, 0.1) is 19.4 Å². The fourth-order valence-corrected chi connectivity index (χ4v) is 4.10. The number of aryl methyl sites for hydroxylation is 1. The first-order chi connectivity index (χ1) is 19.7. The number of benzene rings is 3. The van der Waals surface area contributed by atoms with Crippen molar-refractivity contribution < 1.29 is 33.4 Å². The number of imide groups is 2. The van der Waals surface area contributed by atoms with Crippen molar-refractivity contribution in [2.75, 3.05) is 30.5 Å². The number of hydrogen-bond acceptors (Lipinski definition) is 7. The molecule has 0 bridgehead atoms. The molecule has 212 valence electrons. The topological polar surface area (TPSA) is 123 Å². The van der Waals surface area contributed by atoms with E-state index in [0.29, 0.717) is 34.4 Å². The normalized spacial score (nSPS) is 14.1. The Labute approximate surface area is 241 Å². The first-order valence-electron chi connectivity index (χ1n) is 12.7. The van der Waals surface area contributed by atoms with Crippen LogP contribution in [-0.4, -0.2) is 44.1 Å². The van der Waals surface area contributed by atoms with Crippen LogP contribution in [0.1, 0.15) is 24.5 Å². The average Bonchev–Trinajstić information content (AvgIpc) is 2.95. The lowest BCUT2D eigenvalue weighted by Crippen LogP contribution is -2.54. The number of para-hydroxylation sites is 1. The monoisotopic (exact) mass is 577 g/mol. The summed E-state index contributed by atoms with van der Waals surface area (Å²) in [6, 6.07) is 15.4. The zero-order valence-corrected chi connectivity index (χ0v) is 23.4. The molecule has 41 heavy (non-hydrogen) atoms. The van der Waals surface area contributed by atoms with Gasteiger partial charge >= 0.3 is 6.03 Å². The SMILES string of the molecule is CCCOc1ccc(N2C(=O)NC(=O)/C(=C/c3ccccc3OCC(=O)Nc3ccc(C)c(Cl)c3)C2=O)cc1OC. The largest absolute Gasteiger partial charge is 0.493 e. The van der Waals surface area contributed by atoms with E-state index in [1.54, 1.807) is 48.5 Å². The van der Waals surface area contributed by atoms with E-state index >= 15 is 0 Å². The van der Waals surface area contributed by atoms with Crippen molar-refractivity contribution in [3.63, 3.8) is 0 Å². The van der Waals surface area contributed by atoms with Gasteiger partial charge in [0.15, 0.2) is 18.1 Å². The molecule has 1 aliphatic rings. The van der Waals surface area contributed by atoms with Crippen LogP contribution < -0.4 is 29.7 Å². The molecule has 10 nitrogen and oxygen atoms in total. The Morgan fingerprint density at radius 3 is 2.51 bits per heavy atom. The Morgan fingerprint density at radius 2 is 1.78 bits per heavy atom. The minimum absolute atomic E-state index is 0.184. The molecule has 0 aromatic heterocycles. The van der Waals surface area contributed by atoms with Crippen molar-refractivity contribution in [1.29, 1.82) is 0 Å². The Hall–Kier alpha value is -4.83. The summed E-state index contributed by atoms with van der Waals surface area (Å²) in [6.45, 7) is 3.93. The molecule has 0 aliphatic carbocycles. The summed E-state index contributed by atoms with van der Waals surface area (Å²) in [4.78, 5) is 52.2. The number of carbonyl (C=O) groups excluding carboxylic acids is 4. The smallest absolute Gasteiger partial charge is 0.335 e. The Morgan fingerprint density at radius 1 is 1.00 bits per heavy atom. The average molecular weight is 578 g/mol. The standard InChI is InChI=1S/C30H28ClN3O7/c1-4-13-40-25-12-11-21(16-26(25)39-3)34-29(37)22(28(36)33-30(34)38)14-19-7-5-6-8-24(19)41-17-27(35)32-20-10-9-18(2)23(31)15-20/h5-12,14-16H,4,13,17H2,1-3H3,(H,32,35)(H,33,36,38)/b22-14-. The quantitative estimate of drug-likeness (QED) is 0.253. The van der Waals surface area contributed by atoms with Gasteiger partial charge in [-0.2, -0.15) is 0 Å². The molecule has 3 aromatic carbocycles. The number of hydrogen-bond donors (Lipinski definition) is 2. The second kappa shape index (κ2) is 13.0. The Balaban J connectivity index is 1.55. The van der Waals surface area contributed by atoms with Crippen molar-refractivity contribution >= 4 is 52.8 Å². The van der Waals surface area contributed by atoms with E-state index < -0.39 is 23.8 Å². The van der Waals surface area contributed by atoms with Crippen LogP contribution in [0.25, 0.3) is 6.08 Å². The first-order valence-corrected chi connectivity index (χ1v) is 13.1. The van der Waals surface area contributed by atoms with Crippen LogP contribution in [0.3, 0.4) is 0 Å². The lowest BCUT2D eigenvalue weighted by molar-refractivity contribution is -0.122. The molecule has 1 saturated heterocycles. The maximum atomic E-state index is 13.4. The number of nitrogens with one attached hydrogen (secondary N) is 2. The highest BCUT2D eigenvalue weighted by atomic mass is 35.5. The molecule has 0 saturated carbocycles. The van der Waals surface area contributed by atoms with Gasteiger partial charge in [0.1, 0.15) is 11.3 Å². The van der Waals surface area contributed by atoms with E-state index in [2.05, 4.69) is 10.6 Å². The third-order valence-electron chi connectivity index (χ3n) is 6.00. The van der Waals surface area contributed by atoms with Gasteiger partial charge in [-0.05, 0) is 55.3 Å². The van der Waals surface area contributed by atoms with Crippen LogP contribution in [0, 0.1) is 6.92 Å². The summed E-state index contributed by atoms with van der Waals surface area (Å²) in [5.41, 5.74) is 1.63. The molecule has 5 amide bonds. The lowest BCUT2D eigenvalue weighted by Gasteiger charge is -2.27. The van der Waals surface area contributed by atoms with Crippen molar-refractivity contribution in [3.05, 3.63) is 82.4 Å². The molecule has 0 atom stereocenters. The van der Waals surface area contributed by atoms with Crippen molar-refractivity contribution in [3.8, 4) is 17.2 Å². The van der Waals surface area contributed by atoms with Gasteiger partial charge in [-0.1, -0.05) is 42.8 Å². The number of anilines is 2. The fourth-order valence-electron chi connectivity index (χ4n) is 3.92. The van der Waals surface area contributed by atoms with E-state index in [9.17, 15) is 19.2 Å². The first kappa shape index (κ1) is 29.2. The number of barbiturate groups is 1. The molecule has 3 aromatic rings. The van der Waals surface area contributed by atoms with Gasteiger partial charge in [-0.25, -0.2) is 9.69 Å². The number of nitrogens with zero attached hydrogens (tertiary/aromatic N) is 1. The number of ether oxygens (including phenoxy) is 3. The lowest BCUT2D eigenvalue weighted by atomic mass is 10.1. The van der Waals surface area contributed by atoms with Crippen LogP contribution in [-0.2, 0) is 14.4 Å². The number of carbonyl (C=O) groups is 4. The van der Waals surface area contributed by atoms with Gasteiger partial charge in [-0.15, -0.1) is 0 Å². The minimum atomic E-state index is -0.904. The van der Waals surface area contributed by atoms with E-state index in [-0.39, 0.29) is 23.6 Å². The molecule has 1 fully saturated rings. The molecule has 2 N–H and O–H groups in total. The zero-order chi connectivity index (χ0) is 29.5. The maximum Gasteiger partial charge on any atom is 0.335 e. The van der Waals surface area contributed by atoms with Crippen LogP contribution in [0.4, 0.5) is 16.2 Å². The summed E-state index contributed by atoms with van der Waals surface area (Å²) in [5.74, 6) is -1.11. The van der Waals surface area contributed by atoms with Crippen molar-refractivity contribution in [2.24, 2.45) is 0 Å². The number of halogens is 1. The molecular formula is C30H28ClN3O7. The van der Waals surface area contributed by atoms with Gasteiger partial charge in [0, 0.05) is 22.3 Å². The molecule has 0 unspecified atom stereocenters. The number of rotatable bonds is 10. The number of methoxy groups -OCH3 is 1. The van der Waals surface area contributed by atoms with Crippen LogP contribution >= 0.6 is 11.6 Å². The summed E-state index contributed by atoms with van der Waals surface area (Å²) >= 11 is 6.12. The molecule has 1 aliphatic heterocycles. The highest BCUT2D eigenvalue weighted by Gasteiger charge is 2.37. The summed E-state index contributed by atoms with van der Waals surface area (Å²) in [6.07, 6.45) is 2.09. The molecule has 0 radical (unpaired) electrons. The minimum Gasteiger partial charge on any atom is -0.493 e. The highest BCUT2D eigenvalue weighted by molar-refractivity contribution is 6.39. The third-order valence-corrected chi connectivity index (χ3v) is 6.41. The van der Waals surface area contributed by atoms with Crippen LogP contribution in [0.15, 0.2) is 66.2 Å². The van der Waals surface area contributed by atoms with Crippen molar-refractivity contribution in [1.82, 2.24) is 5.32 Å². The van der Waals surface area contributed by atoms with Crippen molar-refractivity contribution in [2.45, 2.75) is 20.3 Å². The Bertz CT molecular complexity index is 1540. The van der Waals surface area contributed by atoms with Gasteiger partial charge in [0.25, 0.3) is 17.7 Å². The van der Waals surface area contributed by atoms with Gasteiger partial charge < -0.3 is 19.5 Å². The second-order valence-electron chi connectivity index (χ2n) is 8.98. The summed E-state index contributed by atoms with van der Waals surface area (Å²) < 4.78 is 16.7. The molecule has 11 heteroatoms. The number of amides is 5. The van der Waals surface area contributed by atoms with E-state index in [1.807, 2.05) is 13.8 Å². The predicted octanol–water partition coefficient (Wildman–Crippen LogP) is 5.13. The summed E-state index contributed by atoms with van der Waals surface area (Å²) in [7, 11) is 1.44. The van der Waals surface area contributed by atoms with Crippen LogP contribution in [0.5, 0.6) is 17.2 Å². The molecule has 4 rings (SSSR count). The highest BCUT2D eigenvalue weighted by Crippen LogP contribution is 2.34. The maximum absolute atomic E-state index is 13.4. The second-order valence-corrected chi connectivity index (χ2v) is 9.39. The number of urea groups is 1. The summed E-state index contributed by atoms with van der Waals surface area (Å²) in [5, 5.41) is 5.41. The zero-order valence-electron chi connectivity index (χ0n) is 22.7. The van der Waals surface area contributed by atoms with Gasteiger partial charge in [0.2, 0.25) is 0 Å². The van der Waals surface area contributed by atoms with E-state index in [0.717, 1.165) is 16.9 Å². The van der Waals surface area contributed by atoms with E-state index in [4.69, 9.17) is 25.8 Å². The van der Waals surface area contributed by atoms with Gasteiger partial charge in [-0.3, -0.25) is 19.7 Å². The molecule has 0 spiro atoms. The molecule has 1 heterocycles. The molecular weight excluding hydrogens is 550 g/mol. The Kier molecular flexibility index (Phi) is 9.26. The van der Waals surface area contributed by atoms with Crippen LogP contribution in [0.2, 0.25) is 5.02 Å². The predicted molar refractivity (Wildman–Crippen MR) is 155 cm³/mol. The third kappa shape index (κ3) is 6.85. The van der Waals surface area contributed by atoms with E-state index in [1.165, 1.54) is 25.3 Å².